The van der Waals surface area contributed by atoms with Gasteiger partial charge in [-0.15, -0.1) is 0 Å². The zero-order valence-electron chi connectivity index (χ0n) is 15.4. The molecule has 0 saturated carbocycles. The van der Waals surface area contributed by atoms with Crippen molar-refractivity contribution in [2.24, 2.45) is 0 Å². The Morgan fingerprint density at radius 2 is 1.55 bits per heavy atom. The van der Waals surface area contributed by atoms with Crippen LogP contribution in [0.5, 0.6) is 0 Å². The van der Waals surface area contributed by atoms with Crippen LogP contribution in [-0.4, -0.2) is 21.4 Å². The van der Waals surface area contributed by atoms with Crippen molar-refractivity contribution in [3.63, 3.8) is 0 Å². The van der Waals surface area contributed by atoms with E-state index < -0.39 is 0 Å². The van der Waals surface area contributed by atoms with Gasteiger partial charge in [-0.1, -0.05) is 35.9 Å². The lowest BCUT2D eigenvalue weighted by Gasteiger charge is -2.14. The molecule has 0 atom stereocenters. The quantitative estimate of drug-likeness (QED) is 0.464. The zero-order chi connectivity index (χ0) is 20.0. The first-order chi connectivity index (χ1) is 14.1. The molecule has 0 fully saturated rings. The molecule has 0 saturated heterocycles. The highest BCUT2D eigenvalue weighted by molar-refractivity contribution is 6.34. The highest BCUT2D eigenvalue weighted by Crippen LogP contribution is 2.30. The molecule has 2 amide bonds. The molecule has 1 aliphatic heterocycles. The molecule has 142 valence electrons. The molecule has 0 bridgehead atoms. The van der Waals surface area contributed by atoms with Crippen LogP contribution in [-0.2, 0) is 13.0 Å². The lowest BCUT2D eigenvalue weighted by atomic mass is 10.1. The van der Waals surface area contributed by atoms with E-state index in [0.717, 1.165) is 29.0 Å². The van der Waals surface area contributed by atoms with Gasteiger partial charge in [-0.05, 0) is 54.4 Å². The third kappa shape index (κ3) is 3.00. The van der Waals surface area contributed by atoms with Gasteiger partial charge in [-0.2, -0.15) is 0 Å². The molecular weight excluding hydrogens is 386 g/mol. The number of amides is 2. The summed E-state index contributed by atoms with van der Waals surface area (Å²) in [5.41, 5.74) is 4.30. The van der Waals surface area contributed by atoms with Crippen LogP contribution in [0.15, 0.2) is 73.1 Å². The summed E-state index contributed by atoms with van der Waals surface area (Å²) in [5, 5.41) is 0.725. The van der Waals surface area contributed by atoms with E-state index in [9.17, 15) is 9.59 Å². The minimum atomic E-state index is -0.299. The summed E-state index contributed by atoms with van der Waals surface area (Å²) < 4.78 is 2.07. The lowest BCUT2D eigenvalue weighted by Crippen LogP contribution is -2.29. The van der Waals surface area contributed by atoms with Crippen LogP contribution in [0, 0.1) is 0 Å². The smallest absolute Gasteiger partial charge is 0.266 e. The Hall–Kier alpha value is -3.44. The first-order valence-corrected chi connectivity index (χ1v) is 9.67. The Labute approximate surface area is 172 Å². The Bertz CT molecular complexity index is 1230. The SMILES string of the molecule is O=C1c2ccccc2C(=O)N1c1ccc2c(c1)ncn2CCc1ccc(Cl)cc1. The van der Waals surface area contributed by atoms with Crippen molar-refractivity contribution in [3.8, 4) is 0 Å². The van der Waals surface area contributed by atoms with E-state index in [0.29, 0.717) is 16.8 Å². The van der Waals surface area contributed by atoms with Crippen LogP contribution >= 0.6 is 11.6 Å². The molecular formula is C23H16ClN3O2. The number of halogens is 1. The zero-order valence-corrected chi connectivity index (χ0v) is 16.1. The number of carbonyl (C=O) groups excluding carboxylic acids is 2. The Balaban J connectivity index is 1.42. The van der Waals surface area contributed by atoms with Crippen molar-refractivity contribution in [2.75, 3.05) is 4.90 Å². The summed E-state index contributed by atoms with van der Waals surface area (Å²) in [7, 11) is 0. The van der Waals surface area contributed by atoms with Gasteiger partial charge in [-0.3, -0.25) is 9.59 Å². The highest BCUT2D eigenvalue weighted by Gasteiger charge is 2.36. The number of aryl methyl sites for hydroxylation is 2. The average molecular weight is 402 g/mol. The number of benzene rings is 3. The molecule has 0 N–H and O–H groups in total. The molecule has 0 unspecified atom stereocenters. The second kappa shape index (κ2) is 6.87. The van der Waals surface area contributed by atoms with E-state index in [1.54, 1.807) is 42.7 Å². The first-order valence-electron chi connectivity index (χ1n) is 9.29. The number of nitrogens with zero attached hydrogens (tertiary/aromatic N) is 3. The summed E-state index contributed by atoms with van der Waals surface area (Å²) in [6, 6.07) is 20.2. The standard InChI is InChI=1S/C23H16ClN3O2/c24-16-7-5-15(6-8-16)11-12-26-14-25-20-13-17(9-10-21(20)26)27-22(28)18-3-1-2-4-19(18)23(27)29/h1-10,13-14H,11-12H2. The number of imidazole rings is 1. The van der Waals surface area contributed by atoms with Crippen molar-refractivity contribution in [2.45, 2.75) is 13.0 Å². The second-order valence-electron chi connectivity index (χ2n) is 6.98. The van der Waals surface area contributed by atoms with Crippen LogP contribution in [0.25, 0.3) is 11.0 Å². The minimum absolute atomic E-state index is 0.299. The van der Waals surface area contributed by atoms with Crippen LogP contribution in [0.2, 0.25) is 5.02 Å². The number of hydrogen-bond donors (Lipinski definition) is 0. The molecule has 1 aliphatic rings. The molecule has 4 aromatic rings. The second-order valence-corrected chi connectivity index (χ2v) is 7.42. The predicted octanol–water partition coefficient (Wildman–Crippen LogP) is 4.73. The minimum Gasteiger partial charge on any atom is -0.330 e. The number of fused-ring (bicyclic) bond motifs is 2. The van der Waals surface area contributed by atoms with Crippen molar-refractivity contribution >= 4 is 40.1 Å². The molecule has 5 nitrogen and oxygen atoms in total. The number of anilines is 1. The normalized spacial score (nSPS) is 13.3. The molecule has 0 spiro atoms. The van der Waals surface area contributed by atoms with Crippen molar-refractivity contribution < 1.29 is 9.59 Å². The van der Waals surface area contributed by atoms with Crippen molar-refractivity contribution in [1.82, 2.24) is 9.55 Å². The largest absolute Gasteiger partial charge is 0.330 e. The van der Waals surface area contributed by atoms with Crippen LogP contribution in [0.3, 0.4) is 0 Å². The fourth-order valence-corrected chi connectivity index (χ4v) is 3.82. The van der Waals surface area contributed by atoms with E-state index in [-0.39, 0.29) is 11.8 Å². The number of aromatic nitrogens is 2. The topological polar surface area (TPSA) is 55.2 Å². The number of imide groups is 1. The maximum Gasteiger partial charge on any atom is 0.266 e. The van der Waals surface area contributed by atoms with Gasteiger partial charge in [-0.25, -0.2) is 9.88 Å². The summed E-state index contributed by atoms with van der Waals surface area (Å²) >= 11 is 5.94. The van der Waals surface area contributed by atoms with Gasteiger partial charge in [0.25, 0.3) is 11.8 Å². The first kappa shape index (κ1) is 17.6. The van der Waals surface area contributed by atoms with Gasteiger partial charge < -0.3 is 4.57 Å². The Morgan fingerprint density at radius 1 is 0.862 bits per heavy atom. The van der Waals surface area contributed by atoms with Crippen molar-refractivity contribution in [1.29, 1.82) is 0 Å². The van der Waals surface area contributed by atoms with E-state index in [1.807, 2.05) is 30.3 Å². The number of carbonyl (C=O) groups is 2. The molecule has 6 heteroatoms. The summed E-state index contributed by atoms with van der Waals surface area (Å²) in [6.07, 6.45) is 2.63. The summed E-state index contributed by atoms with van der Waals surface area (Å²) in [6.45, 7) is 0.768. The maximum absolute atomic E-state index is 12.7. The molecule has 1 aromatic heterocycles. The summed E-state index contributed by atoms with van der Waals surface area (Å²) in [5.74, 6) is -0.598. The Kier molecular flexibility index (Phi) is 4.18. The van der Waals surface area contributed by atoms with Gasteiger partial charge >= 0.3 is 0 Å². The molecule has 0 aliphatic carbocycles. The van der Waals surface area contributed by atoms with Crippen LogP contribution in [0.1, 0.15) is 26.3 Å². The molecule has 5 rings (SSSR count). The van der Waals surface area contributed by atoms with Gasteiger partial charge in [0, 0.05) is 11.6 Å². The maximum atomic E-state index is 12.7. The molecule has 2 heterocycles. The third-order valence-corrected chi connectivity index (χ3v) is 5.46. The van der Waals surface area contributed by atoms with E-state index in [2.05, 4.69) is 9.55 Å². The fourth-order valence-electron chi connectivity index (χ4n) is 3.69. The molecule has 29 heavy (non-hydrogen) atoms. The average Bonchev–Trinajstić information content (AvgIpc) is 3.26. The number of rotatable bonds is 4. The third-order valence-electron chi connectivity index (χ3n) is 5.21. The predicted molar refractivity (Wildman–Crippen MR) is 112 cm³/mol. The van der Waals surface area contributed by atoms with Gasteiger partial charge in [0.1, 0.15) is 0 Å². The van der Waals surface area contributed by atoms with Crippen molar-refractivity contribution in [3.05, 3.63) is 94.8 Å². The Morgan fingerprint density at radius 3 is 2.24 bits per heavy atom. The van der Waals surface area contributed by atoms with Gasteiger partial charge in [0.05, 0.1) is 34.2 Å². The van der Waals surface area contributed by atoms with Gasteiger partial charge in [0.2, 0.25) is 0 Å². The molecule has 0 radical (unpaired) electrons. The monoisotopic (exact) mass is 401 g/mol. The summed E-state index contributed by atoms with van der Waals surface area (Å²) in [4.78, 5) is 31.1. The van der Waals surface area contributed by atoms with Crippen LogP contribution in [0.4, 0.5) is 5.69 Å². The van der Waals surface area contributed by atoms with E-state index in [4.69, 9.17) is 11.6 Å². The van der Waals surface area contributed by atoms with Gasteiger partial charge in [0.15, 0.2) is 0 Å². The van der Waals surface area contributed by atoms with E-state index in [1.165, 1.54) is 10.5 Å². The lowest BCUT2D eigenvalue weighted by molar-refractivity contribution is 0.0926. The highest BCUT2D eigenvalue weighted by atomic mass is 35.5. The molecule has 3 aromatic carbocycles. The number of hydrogen-bond acceptors (Lipinski definition) is 3. The van der Waals surface area contributed by atoms with E-state index >= 15 is 0 Å². The fraction of sp³-hybridized carbons (Fsp3) is 0.0870. The van der Waals surface area contributed by atoms with Crippen LogP contribution < -0.4 is 4.90 Å².